The van der Waals surface area contributed by atoms with Crippen LogP contribution in [0.4, 0.5) is 0 Å². The molecule has 0 unspecified atom stereocenters. The highest BCUT2D eigenvalue weighted by molar-refractivity contribution is 9.10. The van der Waals surface area contributed by atoms with Gasteiger partial charge in [-0.25, -0.2) is 4.79 Å². The van der Waals surface area contributed by atoms with Crippen LogP contribution < -0.4 is 0 Å². The largest absolute Gasteiger partial charge is 0.506 e. The summed E-state index contributed by atoms with van der Waals surface area (Å²) in [5.41, 5.74) is -0.570. The van der Waals surface area contributed by atoms with Crippen LogP contribution in [0, 0.1) is 0 Å². The van der Waals surface area contributed by atoms with Crippen molar-refractivity contribution in [1.29, 1.82) is 0 Å². The van der Waals surface area contributed by atoms with Gasteiger partial charge in [0.25, 0.3) is 0 Å². The maximum Gasteiger partial charge on any atom is 0.336 e. The highest BCUT2D eigenvalue weighted by Gasteiger charge is 2.36. The number of hydrogen-bond acceptors (Lipinski definition) is 4. The van der Waals surface area contributed by atoms with Crippen LogP contribution in [0.25, 0.3) is 0 Å². The second kappa shape index (κ2) is 4.53. The highest BCUT2D eigenvalue weighted by Crippen LogP contribution is 2.39. The molecule has 0 fully saturated rings. The molecule has 2 N–H and O–H groups in total. The third-order valence-corrected chi connectivity index (χ3v) is 3.96. The van der Waals surface area contributed by atoms with E-state index in [-0.39, 0.29) is 32.3 Å². The number of benzene rings is 2. The molecule has 0 heterocycles. The monoisotopic (exact) mass is 346 g/mol. The van der Waals surface area contributed by atoms with Gasteiger partial charge in [0.15, 0.2) is 11.6 Å². The summed E-state index contributed by atoms with van der Waals surface area (Å²) in [5.74, 6) is -2.92. The molecule has 21 heavy (non-hydrogen) atoms. The van der Waals surface area contributed by atoms with Gasteiger partial charge in [-0.2, -0.15) is 0 Å². The number of phenols is 1. The molecule has 5 nitrogen and oxygen atoms in total. The third-order valence-electron chi connectivity index (χ3n) is 3.35. The first-order chi connectivity index (χ1) is 9.93. The standard InChI is InChI=1S/C15H7BrO5/c16-9-5-8(15(20)21)10-11(14(9)19)13(18)7-4-2-1-3-6(7)12(10)17/h1-5,19H,(H,20,21). The number of rotatable bonds is 1. The lowest BCUT2D eigenvalue weighted by molar-refractivity contribution is 0.0692. The van der Waals surface area contributed by atoms with E-state index >= 15 is 0 Å². The summed E-state index contributed by atoms with van der Waals surface area (Å²) < 4.78 is 0.0548. The Morgan fingerprint density at radius 3 is 2.05 bits per heavy atom. The fraction of sp³-hybridized carbons (Fsp3) is 0. The summed E-state index contributed by atoms with van der Waals surface area (Å²) in [6.45, 7) is 0. The van der Waals surface area contributed by atoms with Gasteiger partial charge in [-0.15, -0.1) is 0 Å². The molecule has 0 atom stereocenters. The van der Waals surface area contributed by atoms with Crippen molar-refractivity contribution in [2.24, 2.45) is 0 Å². The van der Waals surface area contributed by atoms with Crippen molar-refractivity contribution in [3.05, 3.63) is 62.6 Å². The Hall–Kier alpha value is -2.47. The Labute approximate surface area is 127 Å². The van der Waals surface area contributed by atoms with Crippen LogP contribution in [0.15, 0.2) is 34.8 Å². The van der Waals surface area contributed by atoms with E-state index in [0.29, 0.717) is 0 Å². The number of fused-ring (bicyclic) bond motifs is 2. The van der Waals surface area contributed by atoms with Crippen LogP contribution in [0.1, 0.15) is 42.2 Å². The molecule has 0 aliphatic heterocycles. The second-order valence-electron chi connectivity index (χ2n) is 4.51. The minimum absolute atomic E-state index is 0.0548. The normalized spacial score (nSPS) is 12.8. The lowest BCUT2D eigenvalue weighted by Crippen LogP contribution is -2.24. The van der Waals surface area contributed by atoms with Crippen molar-refractivity contribution in [2.45, 2.75) is 0 Å². The molecule has 1 aliphatic carbocycles. The number of carboxylic acid groups (broad SMARTS) is 1. The lowest BCUT2D eigenvalue weighted by atomic mass is 9.81. The van der Waals surface area contributed by atoms with Crippen molar-refractivity contribution in [3.63, 3.8) is 0 Å². The van der Waals surface area contributed by atoms with Crippen molar-refractivity contribution >= 4 is 33.5 Å². The van der Waals surface area contributed by atoms with Gasteiger partial charge in [0.2, 0.25) is 0 Å². The molecular weight excluding hydrogens is 340 g/mol. The van der Waals surface area contributed by atoms with Crippen molar-refractivity contribution in [3.8, 4) is 5.75 Å². The summed E-state index contributed by atoms with van der Waals surface area (Å²) in [5, 5.41) is 19.3. The SMILES string of the molecule is O=C(O)c1cc(Br)c(O)c2c1C(=O)c1ccccc1C2=O. The molecule has 0 spiro atoms. The number of ketones is 2. The number of aromatic carboxylic acids is 1. The smallest absolute Gasteiger partial charge is 0.336 e. The fourth-order valence-electron chi connectivity index (χ4n) is 2.41. The number of hydrogen-bond donors (Lipinski definition) is 2. The summed E-state index contributed by atoms with van der Waals surface area (Å²) in [6.07, 6.45) is 0. The lowest BCUT2D eigenvalue weighted by Gasteiger charge is -2.20. The summed E-state index contributed by atoms with van der Waals surface area (Å²) >= 11 is 3.00. The molecule has 0 saturated heterocycles. The van der Waals surface area contributed by atoms with E-state index in [4.69, 9.17) is 0 Å². The van der Waals surface area contributed by atoms with E-state index in [1.807, 2.05) is 0 Å². The molecule has 104 valence electrons. The molecular formula is C15H7BrO5. The predicted molar refractivity (Wildman–Crippen MR) is 76.1 cm³/mol. The quantitative estimate of drug-likeness (QED) is 0.706. The molecule has 0 amide bonds. The molecule has 0 aromatic heterocycles. The van der Waals surface area contributed by atoms with Crippen LogP contribution in [0.5, 0.6) is 5.75 Å². The average molecular weight is 347 g/mol. The van der Waals surface area contributed by atoms with Crippen molar-refractivity contribution in [2.75, 3.05) is 0 Å². The zero-order valence-corrected chi connectivity index (χ0v) is 12.0. The van der Waals surface area contributed by atoms with Gasteiger partial charge in [-0.3, -0.25) is 9.59 Å². The van der Waals surface area contributed by atoms with Crippen LogP contribution in [0.3, 0.4) is 0 Å². The van der Waals surface area contributed by atoms with Gasteiger partial charge in [-0.05, 0) is 22.0 Å². The van der Waals surface area contributed by atoms with E-state index in [1.54, 1.807) is 12.1 Å². The van der Waals surface area contributed by atoms with E-state index in [1.165, 1.54) is 12.1 Å². The van der Waals surface area contributed by atoms with Gasteiger partial charge in [0.1, 0.15) is 5.75 Å². The molecule has 6 heteroatoms. The molecule has 2 aromatic rings. The highest BCUT2D eigenvalue weighted by atomic mass is 79.9. The van der Waals surface area contributed by atoms with Crippen LogP contribution in [0.2, 0.25) is 0 Å². The van der Waals surface area contributed by atoms with Gasteiger partial charge in [-0.1, -0.05) is 24.3 Å². The average Bonchev–Trinajstić information content (AvgIpc) is 2.47. The maximum absolute atomic E-state index is 12.5. The zero-order chi connectivity index (χ0) is 15.3. The maximum atomic E-state index is 12.5. The van der Waals surface area contributed by atoms with E-state index in [0.717, 1.165) is 6.07 Å². The number of carbonyl (C=O) groups is 3. The molecule has 0 saturated carbocycles. The predicted octanol–water partition coefficient (Wildman–Crippen LogP) is 2.63. The summed E-state index contributed by atoms with van der Waals surface area (Å²) in [4.78, 5) is 36.3. The third kappa shape index (κ3) is 1.80. The second-order valence-corrected chi connectivity index (χ2v) is 5.37. The van der Waals surface area contributed by atoms with Gasteiger partial charge >= 0.3 is 5.97 Å². The van der Waals surface area contributed by atoms with Gasteiger partial charge in [0.05, 0.1) is 21.2 Å². The first kappa shape index (κ1) is 13.5. The van der Waals surface area contributed by atoms with Gasteiger partial charge < -0.3 is 10.2 Å². The van der Waals surface area contributed by atoms with Crippen molar-refractivity contribution < 1.29 is 24.6 Å². The summed E-state index contributed by atoms with van der Waals surface area (Å²) in [6, 6.07) is 7.24. The minimum Gasteiger partial charge on any atom is -0.506 e. The number of halogens is 1. The zero-order valence-electron chi connectivity index (χ0n) is 10.4. The van der Waals surface area contributed by atoms with E-state index < -0.39 is 23.3 Å². The van der Waals surface area contributed by atoms with Crippen molar-refractivity contribution in [1.82, 2.24) is 0 Å². The number of carboxylic acids is 1. The molecule has 0 radical (unpaired) electrons. The first-order valence-corrected chi connectivity index (χ1v) is 6.70. The number of carbonyl (C=O) groups excluding carboxylic acids is 2. The number of aromatic hydroxyl groups is 1. The molecule has 1 aliphatic rings. The molecule has 3 rings (SSSR count). The van der Waals surface area contributed by atoms with Gasteiger partial charge in [0, 0.05) is 11.1 Å². The Balaban J connectivity index is 2.45. The minimum atomic E-state index is -1.34. The molecule has 0 bridgehead atoms. The van der Waals surface area contributed by atoms with E-state index in [2.05, 4.69) is 15.9 Å². The summed E-state index contributed by atoms with van der Waals surface area (Å²) in [7, 11) is 0. The first-order valence-electron chi connectivity index (χ1n) is 5.90. The fourth-order valence-corrected chi connectivity index (χ4v) is 2.84. The Morgan fingerprint density at radius 2 is 1.52 bits per heavy atom. The van der Waals surface area contributed by atoms with Crippen LogP contribution >= 0.6 is 15.9 Å². The topological polar surface area (TPSA) is 91.7 Å². The van der Waals surface area contributed by atoms with Crippen LogP contribution in [-0.4, -0.2) is 27.7 Å². The Morgan fingerprint density at radius 1 is 1.00 bits per heavy atom. The van der Waals surface area contributed by atoms with E-state index in [9.17, 15) is 24.6 Å². The van der Waals surface area contributed by atoms with Crippen LogP contribution in [-0.2, 0) is 0 Å². The Kier molecular flexibility index (Phi) is 2.91. The molecule has 2 aromatic carbocycles. The Bertz CT molecular complexity index is 838. The number of phenolic OH excluding ortho intramolecular Hbond substituents is 1.